The van der Waals surface area contributed by atoms with Gasteiger partial charge in [0, 0.05) is 16.3 Å². The van der Waals surface area contributed by atoms with Crippen LogP contribution in [0.15, 0.2) is 88.9 Å². The number of amides is 1. The summed E-state index contributed by atoms with van der Waals surface area (Å²) >= 11 is 1.19. The number of anilines is 1. The van der Waals surface area contributed by atoms with Gasteiger partial charge in [-0.1, -0.05) is 48.5 Å². The Morgan fingerprint density at radius 2 is 1.74 bits per heavy atom. The number of fused-ring (bicyclic) bond motifs is 1. The fraction of sp³-hybridized carbons (Fsp3) is 0.103. The fourth-order valence-corrected chi connectivity index (χ4v) is 4.93. The summed E-state index contributed by atoms with van der Waals surface area (Å²) in [6.45, 7) is 1.35. The van der Waals surface area contributed by atoms with E-state index in [1.807, 2.05) is 36.4 Å². The number of hydrogen-bond acceptors (Lipinski definition) is 8. The molecule has 0 aliphatic heterocycles. The zero-order valence-corrected chi connectivity index (χ0v) is 21.1. The number of nitrogens with one attached hydrogen (secondary N) is 1. The number of thiophene rings is 1. The number of hydrogen-bond donors (Lipinski definition) is 1. The minimum Gasteiger partial charge on any atom is -0.463 e. The van der Waals surface area contributed by atoms with E-state index in [2.05, 4.69) is 10.3 Å². The van der Waals surface area contributed by atoms with Crippen LogP contribution in [0.1, 0.15) is 27.6 Å². The summed E-state index contributed by atoms with van der Waals surface area (Å²) in [7, 11) is 0. The quantitative estimate of drug-likeness (QED) is 0.240. The summed E-state index contributed by atoms with van der Waals surface area (Å²) in [4.78, 5) is 43.1. The molecule has 0 aliphatic rings. The fourth-order valence-electron chi connectivity index (χ4n) is 3.95. The van der Waals surface area contributed by atoms with Gasteiger partial charge in [-0.15, -0.1) is 11.3 Å². The highest BCUT2D eigenvalue weighted by Crippen LogP contribution is 2.36. The van der Waals surface area contributed by atoms with Gasteiger partial charge < -0.3 is 19.2 Å². The van der Waals surface area contributed by atoms with Crippen molar-refractivity contribution in [3.8, 4) is 22.6 Å². The second-order valence-corrected chi connectivity index (χ2v) is 8.99. The van der Waals surface area contributed by atoms with Crippen LogP contribution in [0.3, 0.4) is 0 Å². The first-order valence-electron chi connectivity index (χ1n) is 11.8. The molecule has 3 heterocycles. The molecule has 3 aromatic heterocycles. The molecule has 0 unspecified atom stereocenters. The predicted molar refractivity (Wildman–Crippen MR) is 144 cm³/mol. The monoisotopic (exact) mass is 526 g/mol. The Balaban J connectivity index is 1.35. The van der Waals surface area contributed by atoms with E-state index in [0.717, 1.165) is 5.56 Å². The first-order chi connectivity index (χ1) is 18.5. The Labute approximate surface area is 221 Å². The Morgan fingerprint density at radius 1 is 0.947 bits per heavy atom. The summed E-state index contributed by atoms with van der Waals surface area (Å²) in [6, 6.07) is 21.5. The molecule has 190 valence electrons. The van der Waals surface area contributed by atoms with Gasteiger partial charge in [0.05, 0.1) is 24.0 Å². The lowest BCUT2D eigenvalue weighted by molar-refractivity contribution is -0.119. The number of benzene rings is 2. The van der Waals surface area contributed by atoms with Crippen LogP contribution in [0.5, 0.6) is 0 Å². The third-order valence-corrected chi connectivity index (χ3v) is 6.55. The third kappa shape index (κ3) is 5.18. The molecule has 9 heteroatoms. The van der Waals surface area contributed by atoms with Crippen molar-refractivity contribution in [3.05, 3.63) is 95.6 Å². The molecule has 0 aliphatic carbocycles. The van der Waals surface area contributed by atoms with Gasteiger partial charge in [-0.2, -0.15) is 0 Å². The van der Waals surface area contributed by atoms with Gasteiger partial charge in [0.2, 0.25) is 0 Å². The van der Waals surface area contributed by atoms with Gasteiger partial charge in [-0.3, -0.25) is 4.79 Å². The van der Waals surface area contributed by atoms with Gasteiger partial charge >= 0.3 is 11.9 Å². The van der Waals surface area contributed by atoms with Gasteiger partial charge in [0.1, 0.15) is 16.3 Å². The number of pyridine rings is 1. The van der Waals surface area contributed by atoms with Crippen molar-refractivity contribution in [1.82, 2.24) is 4.98 Å². The van der Waals surface area contributed by atoms with E-state index in [1.54, 1.807) is 48.7 Å². The molecule has 38 heavy (non-hydrogen) atoms. The van der Waals surface area contributed by atoms with E-state index in [0.29, 0.717) is 32.9 Å². The number of rotatable bonds is 8. The van der Waals surface area contributed by atoms with Crippen LogP contribution in [0.2, 0.25) is 0 Å². The number of furan rings is 1. The number of aromatic nitrogens is 1. The smallest absolute Gasteiger partial charge is 0.341 e. The number of ether oxygens (including phenoxy) is 2. The average molecular weight is 527 g/mol. The van der Waals surface area contributed by atoms with Gasteiger partial charge in [-0.25, -0.2) is 14.6 Å². The minimum absolute atomic E-state index is 0.188. The summed E-state index contributed by atoms with van der Waals surface area (Å²) in [5.41, 5.74) is 3.03. The normalized spacial score (nSPS) is 10.8. The van der Waals surface area contributed by atoms with E-state index >= 15 is 0 Å². The third-order valence-electron chi connectivity index (χ3n) is 5.65. The molecule has 2 aromatic carbocycles. The van der Waals surface area contributed by atoms with Crippen LogP contribution in [-0.2, 0) is 14.3 Å². The van der Waals surface area contributed by atoms with Crippen molar-refractivity contribution in [2.75, 3.05) is 18.5 Å². The molecular formula is C29H22N2O6S. The zero-order chi connectivity index (χ0) is 26.5. The molecular weight excluding hydrogens is 504 g/mol. The molecule has 1 amide bonds. The molecule has 0 radical (unpaired) electrons. The maximum atomic E-state index is 13.1. The molecule has 1 N–H and O–H groups in total. The molecule has 0 spiro atoms. The largest absolute Gasteiger partial charge is 0.463 e. The van der Waals surface area contributed by atoms with Crippen molar-refractivity contribution in [2.45, 2.75) is 6.92 Å². The molecule has 0 fully saturated rings. The zero-order valence-electron chi connectivity index (χ0n) is 20.3. The van der Waals surface area contributed by atoms with Gasteiger partial charge in [0.15, 0.2) is 12.4 Å². The number of carbonyl (C=O) groups is 3. The van der Waals surface area contributed by atoms with Crippen LogP contribution in [-0.4, -0.2) is 36.0 Å². The summed E-state index contributed by atoms with van der Waals surface area (Å²) in [6.07, 6.45) is 1.52. The minimum atomic E-state index is -0.687. The lowest BCUT2D eigenvalue weighted by Crippen LogP contribution is -2.22. The second kappa shape index (κ2) is 11.1. The predicted octanol–water partition coefficient (Wildman–Crippen LogP) is 6.20. The first-order valence-corrected chi connectivity index (χ1v) is 12.7. The van der Waals surface area contributed by atoms with Crippen LogP contribution in [0.25, 0.3) is 33.5 Å². The second-order valence-electron chi connectivity index (χ2n) is 8.11. The Morgan fingerprint density at radius 3 is 2.50 bits per heavy atom. The van der Waals surface area contributed by atoms with Gasteiger partial charge in [0.25, 0.3) is 5.91 Å². The Bertz CT molecular complexity index is 1610. The van der Waals surface area contributed by atoms with Crippen LogP contribution >= 0.6 is 11.3 Å². The summed E-state index contributed by atoms with van der Waals surface area (Å²) < 4.78 is 16.0. The maximum absolute atomic E-state index is 13.1. The maximum Gasteiger partial charge on any atom is 0.341 e. The van der Waals surface area contributed by atoms with Crippen molar-refractivity contribution >= 4 is 45.1 Å². The van der Waals surface area contributed by atoms with Crippen LogP contribution < -0.4 is 5.32 Å². The number of esters is 2. The molecule has 5 rings (SSSR count). The number of para-hydroxylation sites is 1. The standard InChI is InChI=1S/C29H22N2O6S/c1-2-35-29(34)26-21(18-9-4-3-5-10-18)17-38-27(26)31-25(32)16-37-28(33)20-15-23(24-13-8-14-36-24)30-22-12-7-6-11-19(20)22/h3-15,17H,2,16H2,1H3,(H,31,32). The topological polar surface area (TPSA) is 108 Å². The Kier molecular flexibility index (Phi) is 7.28. The van der Waals surface area contributed by atoms with Crippen molar-refractivity contribution < 1.29 is 28.3 Å². The van der Waals surface area contributed by atoms with Crippen LogP contribution in [0, 0.1) is 0 Å². The van der Waals surface area contributed by atoms with E-state index in [-0.39, 0.29) is 17.7 Å². The van der Waals surface area contributed by atoms with Crippen molar-refractivity contribution in [3.63, 3.8) is 0 Å². The lowest BCUT2D eigenvalue weighted by atomic mass is 10.0. The molecule has 0 atom stereocenters. The van der Waals surface area contributed by atoms with Crippen LogP contribution in [0.4, 0.5) is 5.00 Å². The summed E-state index contributed by atoms with van der Waals surface area (Å²) in [5, 5.41) is 5.38. The molecule has 0 saturated heterocycles. The van der Waals surface area contributed by atoms with E-state index < -0.39 is 24.5 Å². The highest BCUT2D eigenvalue weighted by atomic mass is 32.1. The van der Waals surface area contributed by atoms with Gasteiger partial charge in [-0.05, 0) is 36.8 Å². The average Bonchev–Trinajstić information content (AvgIpc) is 3.62. The lowest BCUT2D eigenvalue weighted by Gasteiger charge is -2.10. The van der Waals surface area contributed by atoms with E-state index in [4.69, 9.17) is 13.9 Å². The molecule has 5 aromatic rings. The highest BCUT2D eigenvalue weighted by Gasteiger charge is 2.23. The number of carbonyl (C=O) groups excluding carboxylic acids is 3. The van der Waals surface area contributed by atoms with E-state index in [1.165, 1.54) is 17.6 Å². The Hall–Kier alpha value is -4.76. The SMILES string of the molecule is CCOC(=O)c1c(-c2ccccc2)csc1NC(=O)COC(=O)c1cc(-c2ccco2)nc2ccccc12. The molecule has 8 nitrogen and oxygen atoms in total. The van der Waals surface area contributed by atoms with Crippen molar-refractivity contribution in [2.24, 2.45) is 0 Å². The number of nitrogens with zero attached hydrogens (tertiary/aromatic N) is 1. The molecule has 0 bridgehead atoms. The summed E-state index contributed by atoms with van der Waals surface area (Å²) in [5.74, 6) is -1.32. The van der Waals surface area contributed by atoms with Crippen molar-refractivity contribution in [1.29, 1.82) is 0 Å². The highest BCUT2D eigenvalue weighted by molar-refractivity contribution is 7.15. The van der Waals surface area contributed by atoms with E-state index in [9.17, 15) is 14.4 Å². The first kappa shape index (κ1) is 24.9. The molecule has 0 saturated carbocycles.